The van der Waals surface area contributed by atoms with Crippen molar-refractivity contribution >= 4 is 5.97 Å². The molecule has 0 aromatic heterocycles. The first-order chi connectivity index (χ1) is 21.4. The van der Waals surface area contributed by atoms with Gasteiger partial charge in [0.15, 0.2) is 6.29 Å². The zero-order valence-corrected chi connectivity index (χ0v) is 28.2. The SMILES string of the molecule is CCCCCCCCCCCCCCCCCCCCCOCC(COC1OC(CO)C(O)C(O)C1O)OC(=O)CCCC. The number of hydrogen-bond acceptors (Lipinski definition) is 9. The van der Waals surface area contributed by atoms with Crippen LogP contribution in [0.2, 0.25) is 0 Å². The summed E-state index contributed by atoms with van der Waals surface area (Å²) in [6.45, 7) is 4.33. The maximum atomic E-state index is 12.2. The number of esters is 1. The summed E-state index contributed by atoms with van der Waals surface area (Å²) in [6.07, 6.45) is 19.6. The first-order valence-corrected chi connectivity index (χ1v) is 18.1. The molecule has 1 saturated heterocycles. The smallest absolute Gasteiger partial charge is 0.306 e. The van der Waals surface area contributed by atoms with Gasteiger partial charge in [0.25, 0.3) is 0 Å². The van der Waals surface area contributed by atoms with Crippen LogP contribution in [0.25, 0.3) is 0 Å². The van der Waals surface area contributed by atoms with Crippen LogP contribution in [0.4, 0.5) is 0 Å². The van der Waals surface area contributed by atoms with E-state index < -0.39 is 43.4 Å². The second-order valence-corrected chi connectivity index (χ2v) is 12.7. The number of aliphatic hydroxyl groups excluding tert-OH is 4. The molecule has 0 radical (unpaired) electrons. The largest absolute Gasteiger partial charge is 0.457 e. The van der Waals surface area contributed by atoms with Gasteiger partial charge in [0.2, 0.25) is 0 Å². The van der Waals surface area contributed by atoms with E-state index >= 15 is 0 Å². The van der Waals surface area contributed by atoms with Gasteiger partial charge in [0, 0.05) is 13.0 Å². The Labute approximate surface area is 268 Å². The third-order valence-electron chi connectivity index (χ3n) is 8.52. The molecule has 1 aliphatic rings. The number of unbranched alkanes of at least 4 members (excludes halogenated alkanes) is 19. The fraction of sp³-hybridized carbons (Fsp3) is 0.971. The van der Waals surface area contributed by atoms with Gasteiger partial charge in [-0.1, -0.05) is 136 Å². The Morgan fingerprint density at radius 3 is 1.59 bits per heavy atom. The van der Waals surface area contributed by atoms with Gasteiger partial charge in [0.1, 0.15) is 30.5 Å². The van der Waals surface area contributed by atoms with Crippen LogP contribution >= 0.6 is 0 Å². The van der Waals surface area contributed by atoms with E-state index in [1.807, 2.05) is 6.92 Å². The van der Waals surface area contributed by atoms with E-state index in [-0.39, 0.29) is 19.2 Å². The maximum Gasteiger partial charge on any atom is 0.306 e. The summed E-state index contributed by atoms with van der Waals surface area (Å²) < 4.78 is 22.3. The minimum atomic E-state index is -1.53. The van der Waals surface area contributed by atoms with E-state index in [1.165, 1.54) is 109 Å². The monoisotopic (exact) mass is 632 g/mol. The third kappa shape index (κ3) is 20.3. The van der Waals surface area contributed by atoms with Gasteiger partial charge in [-0.05, 0) is 12.8 Å². The topological polar surface area (TPSA) is 135 Å². The molecular formula is C35H68O9. The molecule has 4 N–H and O–H groups in total. The summed E-state index contributed by atoms with van der Waals surface area (Å²) >= 11 is 0. The van der Waals surface area contributed by atoms with Crippen LogP contribution in [0.5, 0.6) is 0 Å². The highest BCUT2D eigenvalue weighted by molar-refractivity contribution is 5.69. The summed E-state index contributed by atoms with van der Waals surface area (Å²) in [5, 5.41) is 39.5. The molecule has 1 rings (SSSR count). The molecule has 1 aliphatic heterocycles. The lowest BCUT2D eigenvalue weighted by Gasteiger charge is -2.39. The molecule has 0 spiro atoms. The van der Waals surface area contributed by atoms with Crippen molar-refractivity contribution in [2.45, 2.75) is 192 Å². The molecular weight excluding hydrogens is 564 g/mol. The van der Waals surface area contributed by atoms with Gasteiger partial charge < -0.3 is 39.4 Å². The number of aliphatic hydroxyl groups is 4. The number of ether oxygens (including phenoxy) is 4. The molecule has 9 nitrogen and oxygen atoms in total. The lowest BCUT2D eigenvalue weighted by Crippen LogP contribution is -2.59. The van der Waals surface area contributed by atoms with E-state index in [1.54, 1.807) is 0 Å². The number of hydrogen-bond donors (Lipinski definition) is 4. The number of rotatable bonds is 30. The Bertz CT molecular complexity index is 648. The Morgan fingerprint density at radius 1 is 0.636 bits per heavy atom. The predicted octanol–water partition coefficient (Wildman–Crippen LogP) is 6.35. The van der Waals surface area contributed by atoms with Crippen LogP contribution in [0.1, 0.15) is 155 Å². The molecule has 0 amide bonds. The van der Waals surface area contributed by atoms with Gasteiger partial charge in [-0.3, -0.25) is 4.79 Å². The Hall–Kier alpha value is -0.810. The Kier molecular flexibility index (Phi) is 26.6. The van der Waals surface area contributed by atoms with Crippen LogP contribution in [0.15, 0.2) is 0 Å². The highest BCUT2D eigenvalue weighted by Crippen LogP contribution is 2.22. The van der Waals surface area contributed by atoms with Crippen molar-refractivity contribution in [2.24, 2.45) is 0 Å². The second-order valence-electron chi connectivity index (χ2n) is 12.7. The van der Waals surface area contributed by atoms with E-state index in [0.717, 1.165) is 25.7 Å². The molecule has 0 bridgehead atoms. The highest BCUT2D eigenvalue weighted by Gasteiger charge is 2.44. The van der Waals surface area contributed by atoms with Crippen molar-refractivity contribution < 1.29 is 44.2 Å². The van der Waals surface area contributed by atoms with Crippen LogP contribution in [-0.4, -0.2) is 89.6 Å². The molecule has 0 saturated carbocycles. The van der Waals surface area contributed by atoms with Crippen LogP contribution < -0.4 is 0 Å². The van der Waals surface area contributed by atoms with Crippen LogP contribution in [0.3, 0.4) is 0 Å². The Balaban J connectivity index is 2.09. The van der Waals surface area contributed by atoms with E-state index in [0.29, 0.717) is 13.0 Å². The molecule has 0 aromatic carbocycles. The zero-order chi connectivity index (χ0) is 32.3. The van der Waals surface area contributed by atoms with Crippen LogP contribution in [-0.2, 0) is 23.7 Å². The summed E-state index contributed by atoms with van der Waals surface area (Å²) in [4.78, 5) is 12.2. The molecule has 44 heavy (non-hydrogen) atoms. The molecule has 0 aromatic rings. The fourth-order valence-corrected chi connectivity index (χ4v) is 5.59. The summed E-state index contributed by atoms with van der Waals surface area (Å²) in [7, 11) is 0. The van der Waals surface area contributed by atoms with E-state index in [9.17, 15) is 25.2 Å². The van der Waals surface area contributed by atoms with Crippen molar-refractivity contribution in [1.82, 2.24) is 0 Å². The minimum absolute atomic E-state index is 0.111. The summed E-state index contributed by atoms with van der Waals surface area (Å²) in [6, 6.07) is 0. The molecule has 262 valence electrons. The van der Waals surface area contributed by atoms with Crippen molar-refractivity contribution in [3.63, 3.8) is 0 Å². The van der Waals surface area contributed by atoms with Crippen molar-refractivity contribution in [3.8, 4) is 0 Å². The molecule has 1 heterocycles. The lowest BCUT2D eigenvalue weighted by molar-refractivity contribution is -0.305. The van der Waals surface area contributed by atoms with Gasteiger partial charge >= 0.3 is 5.97 Å². The van der Waals surface area contributed by atoms with Crippen molar-refractivity contribution in [3.05, 3.63) is 0 Å². The second kappa shape index (κ2) is 28.4. The summed E-state index contributed by atoms with van der Waals surface area (Å²) in [5.74, 6) is -0.346. The molecule has 1 fully saturated rings. The maximum absolute atomic E-state index is 12.2. The lowest BCUT2D eigenvalue weighted by atomic mass is 9.99. The Morgan fingerprint density at radius 2 is 1.11 bits per heavy atom. The van der Waals surface area contributed by atoms with Gasteiger partial charge in [0.05, 0.1) is 19.8 Å². The van der Waals surface area contributed by atoms with Gasteiger partial charge in [-0.25, -0.2) is 0 Å². The predicted molar refractivity (Wildman–Crippen MR) is 173 cm³/mol. The average molecular weight is 633 g/mol. The standard InChI is InChI=1S/C35H68O9/c1-3-5-7-8-9-10-11-12-13-14-15-16-17-18-19-20-21-22-23-25-41-27-29(43-31(37)24-6-4-2)28-42-35-34(40)33(39)32(38)30(26-36)44-35/h29-30,32-36,38-40H,3-28H2,1-2H3. The normalized spacial score (nSPS) is 22.7. The fourth-order valence-electron chi connectivity index (χ4n) is 5.59. The van der Waals surface area contributed by atoms with Crippen molar-refractivity contribution in [2.75, 3.05) is 26.4 Å². The van der Waals surface area contributed by atoms with E-state index in [2.05, 4.69) is 6.92 Å². The molecule has 9 heteroatoms. The summed E-state index contributed by atoms with van der Waals surface area (Å²) in [5.41, 5.74) is 0. The average Bonchev–Trinajstić information content (AvgIpc) is 3.02. The molecule has 0 aliphatic carbocycles. The number of carbonyl (C=O) groups is 1. The van der Waals surface area contributed by atoms with Crippen molar-refractivity contribution in [1.29, 1.82) is 0 Å². The number of carbonyl (C=O) groups excluding carboxylic acids is 1. The molecule has 6 unspecified atom stereocenters. The first-order valence-electron chi connectivity index (χ1n) is 18.1. The quantitative estimate of drug-likeness (QED) is 0.0527. The first kappa shape index (κ1) is 41.2. The van der Waals surface area contributed by atoms with Gasteiger partial charge in [-0.15, -0.1) is 0 Å². The molecule has 6 atom stereocenters. The van der Waals surface area contributed by atoms with Crippen LogP contribution in [0, 0.1) is 0 Å². The zero-order valence-electron chi connectivity index (χ0n) is 28.2. The van der Waals surface area contributed by atoms with E-state index in [4.69, 9.17) is 18.9 Å². The minimum Gasteiger partial charge on any atom is -0.457 e. The van der Waals surface area contributed by atoms with Gasteiger partial charge in [-0.2, -0.15) is 0 Å². The highest BCUT2D eigenvalue weighted by atomic mass is 16.7. The third-order valence-corrected chi connectivity index (χ3v) is 8.52.